The van der Waals surface area contributed by atoms with Gasteiger partial charge in [0.25, 0.3) is 5.91 Å². The molecule has 3 rings (SSSR count). The van der Waals surface area contributed by atoms with Gasteiger partial charge in [-0.1, -0.05) is 18.2 Å². The smallest absolute Gasteiger partial charge is 0.260 e. The highest BCUT2D eigenvalue weighted by Gasteiger charge is 2.21. The molecule has 0 N–H and O–H groups in total. The minimum absolute atomic E-state index is 0.0539. The number of aryl methyl sites for hydroxylation is 2. The molecule has 5 nitrogen and oxygen atoms in total. The van der Waals surface area contributed by atoms with Crippen LogP contribution >= 0.6 is 0 Å². The van der Waals surface area contributed by atoms with Crippen LogP contribution in [0.5, 0.6) is 11.5 Å². The third-order valence-electron chi connectivity index (χ3n) is 4.85. The molecule has 0 saturated carbocycles. The molecule has 0 aliphatic carbocycles. The summed E-state index contributed by atoms with van der Waals surface area (Å²) in [7, 11) is 1.68. The zero-order valence-corrected chi connectivity index (χ0v) is 16.4. The molecule has 1 aliphatic rings. The maximum Gasteiger partial charge on any atom is 0.260 e. The standard InChI is InChI=1S/C22H28N2O3/c1-17-12-18(2)14-21(13-17)27-16-22(25)24-10-8-23(9-11-24)15-19-4-6-20(26-3)7-5-19/h4-7,12-14H,8-11,15-16H2,1-3H3. The van der Waals surface area contributed by atoms with Gasteiger partial charge in [0.2, 0.25) is 0 Å². The Balaban J connectivity index is 1.44. The van der Waals surface area contributed by atoms with Gasteiger partial charge in [0.05, 0.1) is 7.11 Å². The van der Waals surface area contributed by atoms with Crippen LogP contribution in [-0.2, 0) is 11.3 Å². The van der Waals surface area contributed by atoms with E-state index in [-0.39, 0.29) is 12.5 Å². The van der Waals surface area contributed by atoms with Gasteiger partial charge in [-0.15, -0.1) is 0 Å². The number of benzene rings is 2. The Hall–Kier alpha value is -2.53. The molecule has 27 heavy (non-hydrogen) atoms. The topological polar surface area (TPSA) is 42.0 Å². The van der Waals surface area contributed by atoms with Crippen LogP contribution in [-0.4, -0.2) is 55.6 Å². The molecule has 5 heteroatoms. The quantitative estimate of drug-likeness (QED) is 0.786. The van der Waals surface area contributed by atoms with E-state index >= 15 is 0 Å². The first kappa shape index (κ1) is 19.2. The fraction of sp³-hybridized carbons (Fsp3) is 0.409. The van der Waals surface area contributed by atoms with E-state index in [2.05, 4.69) is 23.1 Å². The second-order valence-electron chi connectivity index (χ2n) is 7.12. The minimum atomic E-state index is 0.0539. The van der Waals surface area contributed by atoms with Crippen molar-refractivity contribution >= 4 is 5.91 Å². The monoisotopic (exact) mass is 368 g/mol. The van der Waals surface area contributed by atoms with Gasteiger partial charge in [0, 0.05) is 32.7 Å². The highest BCUT2D eigenvalue weighted by molar-refractivity contribution is 5.77. The minimum Gasteiger partial charge on any atom is -0.497 e. The second-order valence-corrected chi connectivity index (χ2v) is 7.12. The van der Waals surface area contributed by atoms with Crippen molar-refractivity contribution in [2.24, 2.45) is 0 Å². The van der Waals surface area contributed by atoms with Gasteiger partial charge in [-0.25, -0.2) is 0 Å². The first-order chi connectivity index (χ1) is 13.0. The third kappa shape index (κ3) is 5.47. The molecule has 0 atom stereocenters. The van der Waals surface area contributed by atoms with Crippen molar-refractivity contribution in [3.8, 4) is 11.5 Å². The van der Waals surface area contributed by atoms with Crippen molar-refractivity contribution in [2.75, 3.05) is 39.9 Å². The molecule has 2 aromatic carbocycles. The van der Waals surface area contributed by atoms with Gasteiger partial charge in [0.15, 0.2) is 6.61 Å². The van der Waals surface area contributed by atoms with E-state index < -0.39 is 0 Å². The van der Waals surface area contributed by atoms with E-state index in [1.54, 1.807) is 7.11 Å². The molecule has 2 aromatic rings. The highest BCUT2D eigenvalue weighted by atomic mass is 16.5. The van der Waals surface area contributed by atoms with Crippen molar-refractivity contribution < 1.29 is 14.3 Å². The molecule has 1 amide bonds. The van der Waals surface area contributed by atoms with E-state index in [9.17, 15) is 4.79 Å². The van der Waals surface area contributed by atoms with Crippen molar-refractivity contribution in [1.82, 2.24) is 9.80 Å². The van der Waals surface area contributed by atoms with Gasteiger partial charge >= 0.3 is 0 Å². The first-order valence-corrected chi connectivity index (χ1v) is 9.37. The van der Waals surface area contributed by atoms with Gasteiger partial charge in [0.1, 0.15) is 11.5 Å². The summed E-state index contributed by atoms with van der Waals surface area (Å²) in [4.78, 5) is 16.7. The van der Waals surface area contributed by atoms with Crippen LogP contribution in [0, 0.1) is 13.8 Å². The summed E-state index contributed by atoms with van der Waals surface area (Å²) >= 11 is 0. The zero-order chi connectivity index (χ0) is 19.2. The number of amides is 1. The number of methoxy groups -OCH3 is 1. The molecular formula is C22H28N2O3. The van der Waals surface area contributed by atoms with Crippen LogP contribution in [0.1, 0.15) is 16.7 Å². The van der Waals surface area contributed by atoms with Crippen LogP contribution in [0.25, 0.3) is 0 Å². The van der Waals surface area contributed by atoms with Crippen LogP contribution in [0.15, 0.2) is 42.5 Å². The Labute approximate surface area is 161 Å². The number of carbonyl (C=O) groups is 1. The van der Waals surface area contributed by atoms with Gasteiger partial charge in [-0.3, -0.25) is 9.69 Å². The summed E-state index contributed by atoms with van der Waals surface area (Å²) in [6.45, 7) is 8.29. The Morgan fingerprint density at radius 1 is 0.926 bits per heavy atom. The zero-order valence-electron chi connectivity index (χ0n) is 16.4. The molecular weight excluding hydrogens is 340 g/mol. The van der Waals surface area contributed by atoms with E-state index in [4.69, 9.17) is 9.47 Å². The summed E-state index contributed by atoms with van der Waals surface area (Å²) in [6, 6.07) is 14.2. The molecule has 0 radical (unpaired) electrons. The van der Waals surface area contributed by atoms with Gasteiger partial charge in [-0.05, 0) is 54.8 Å². The maximum atomic E-state index is 12.4. The fourth-order valence-corrected chi connectivity index (χ4v) is 3.40. The van der Waals surface area contributed by atoms with E-state index in [1.165, 1.54) is 5.56 Å². The summed E-state index contributed by atoms with van der Waals surface area (Å²) < 4.78 is 10.9. The lowest BCUT2D eigenvalue weighted by molar-refractivity contribution is -0.135. The number of hydrogen-bond acceptors (Lipinski definition) is 4. The van der Waals surface area contributed by atoms with Gasteiger partial charge in [-0.2, -0.15) is 0 Å². The normalized spacial score (nSPS) is 14.9. The number of ether oxygens (including phenoxy) is 2. The number of hydrogen-bond donors (Lipinski definition) is 0. The average Bonchev–Trinajstić information content (AvgIpc) is 2.66. The summed E-state index contributed by atoms with van der Waals surface area (Å²) in [5.41, 5.74) is 3.54. The van der Waals surface area contributed by atoms with Crippen molar-refractivity contribution in [3.05, 3.63) is 59.2 Å². The first-order valence-electron chi connectivity index (χ1n) is 9.37. The summed E-state index contributed by atoms with van der Waals surface area (Å²) in [6.07, 6.45) is 0. The molecule has 1 aliphatic heterocycles. The van der Waals surface area contributed by atoms with Gasteiger partial charge < -0.3 is 14.4 Å². The Kier molecular flexibility index (Phi) is 6.35. The number of nitrogens with zero attached hydrogens (tertiary/aromatic N) is 2. The van der Waals surface area contributed by atoms with Crippen molar-refractivity contribution in [1.29, 1.82) is 0 Å². The molecule has 0 aromatic heterocycles. The molecule has 1 saturated heterocycles. The lowest BCUT2D eigenvalue weighted by atomic mass is 10.1. The predicted molar refractivity (Wildman–Crippen MR) is 106 cm³/mol. The van der Waals surface area contributed by atoms with E-state index in [1.807, 2.05) is 43.0 Å². The molecule has 0 bridgehead atoms. The molecule has 1 heterocycles. The highest BCUT2D eigenvalue weighted by Crippen LogP contribution is 2.17. The second kappa shape index (κ2) is 8.91. The number of carbonyl (C=O) groups excluding carboxylic acids is 1. The van der Waals surface area contributed by atoms with E-state index in [0.717, 1.165) is 55.3 Å². The Morgan fingerprint density at radius 2 is 1.56 bits per heavy atom. The summed E-state index contributed by atoms with van der Waals surface area (Å²) in [5.74, 6) is 1.69. The third-order valence-corrected chi connectivity index (χ3v) is 4.85. The van der Waals surface area contributed by atoms with Crippen LogP contribution in [0.2, 0.25) is 0 Å². The number of piperazine rings is 1. The predicted octanol–water partition coefficient (Wildman–Crippen LogP) is 3.04. The van der Waals surface area contributed by atoms with E-state index in [0.29, 0.717) is 0 Å². The van der Waals surface area contributed by atoms with Crippen molar-refractivity contribution in [3.63, 3.8) is 0 Å². The molecule has 0 spiro atoms. The van der Waals surface area contributed by atoms with Crippen LogP contribution in [0.4, 0.5) is 0 Å². The van der Waals surface area contributed by atoms with Crippen LogP contribution in [0.3, 0.4) is 0 Å². The lowest BCUT2D eigenvalue weighted by Crippen LogP contribution is -2.49. The number of rotatable bonds is 6. The summed E-state index contributed by atoms with van der Waals surface area (Å²) in [5, 5.41) is 0. The molecule has 0 unspecified atom stereocenters. The average molecular weight is 368 g/mol. The molecule has 1 fully saturated rings. The Morgan fingerprint density at radius 3 is 2.15 bits per heavy atom. The van der Waals surface area contributed by atoms with Crippen molar-refractivity contribution in [2.45, 2.75) is 20.4 Å². The fourth-order valence-electron chi connectivity index (χ4n) is 3.40. The molecule has 144 valence electrons. The Bertz CT molecular complexity index is 745. The van der Waals surface area contributed by atoms with Crippen LogP contribution < -0.4 is 9.47 Å². The lowest BCUT2D eigenvalue weighted by Gasteiger charge is -2.34. The SMILES string of the molecule is COc1ccc(CN2CCN(C(=O)COc3cc(C)cc(C)c3)CC2)cc1. The largest absolute Gasteiger partial charge is 0.497 e. The maximum absolute atomic E-state index is 12.4.